The Hall–Kier alpha value is -0.920. The number of fused-ring (bicyclic) bond motifs is 1. The Morgan fingerprint density at radius 2 is 1.34 bits per heavy atom. The lowest BCUT2D eigenvalue weighted by Crippen LogP contribution is -2.53. The Kier molecular flexibility index (Phi) is 9.16. The van der Waals surface area contributed by atoms with Gasteiger partial charge in [-0.25, -0.2) is 0 Å². The zero-order valence-corrected chi connectivity index (χ0v) is 16.8. The van der Waals surface area contributed by atoms with Gasteiger partial charge in [-0.15, -0.1) is 13.2 Å². The van der Waals surface area contributed by atoms with E-state index in [4.69, 9.17) is 33.5 Å². The fourth-order valence-corrected chi connectivity index (χ4v) is 3.10. The highest BCUT2D eigenvalue weighted by Crippen LogP contribution is 2.35. The SMILES string of the molecule is C=CCOC1OC[C@@H](O)[C@H](O)[C@@H]1O.C=CCO[C@H]1OC[C@@H](O)[C@@H]2OC(C)(C)O[C@H]12. The molecule has 0 aromatic carbocycles. The molecule has 3 aliphatic heterocycles. The van der Waals surface area contributed by atoms with Gasteiger partial charge in [0.25, 0.3) is 0 Å². The predicted molar refractivity (Wildman–Crippen MR) is 99.6 cm³/mol. The van der Waals surface area contributed by atoms with Gasteiger partial charge in [0.05, 0.1) is 26.4 Å². The van der Waals surface area contributed by atoms with Crippen LogP contribution in [0, 0.1) is 0 Å². The molecule has 10 heteroatoms. The van der Waals surface area contributed by atoms with Crippen molar-refractivity contribution in [3.8, 4) is 0 Å². The number of hydrogen-bond acceptors (Lipinski definition) is 10. The maximum atomic E-state index is 9.75. The van der Waals surface area contributed by atoms with Crippen LogP contribution in [0.4, 0.5) is 0 Å². The van der Waals surface area contributed by atoms with Gasteiger partial charge in [0, 0.05) is 0 Å². The minimum absolute atomic E-state index is 0.0416. The van der Waals surface area contributed by atoms with E-state index >= 15 is 0 Å². The van der Waals surface area contributed by atoms with E-state index in [1.807, 2.05) is 13.8 Å². The zero-order valence-electron chi connectivity index (χ0n) is 16.8. The molecule has 0 aromatic heterocycles. The van der Waals surface area contributed by atoms with Crippen LogP contribution in [0.25, 0.3) is 0 Å². The summed E-state index contributed by atoms with van der Waals surface area (Å²) in [6.45, 7) is 11.4. The third-order valence-electron chi connectivity index (χ3n) is 4.45. The third-order valence-corrected chi connectivity index (χ3v) is 4.45. The fraction of sp³-hybridized carbons (Fsp3) is 0.789. The van der Waals surface area contributed by atoms with E-state index in [-0.39, 0.29) is 19.8 Å². The van der Waals surface area contributed by atoms with Crippen LogP contribution in [0.1, 0.15) is 13.8 Å². The van der Waals surface area contributed by atoms with E-state index in [0.717, 1.165) is 0 Å². The Labute approximate surface area is 170 Å². The van der Waals surface area contributed by atoms with Crippen LogP contribution in [0.2, 0.25) is 0 Å². The van der Waals surface area contributed by atoms with E-state index in [1.54, 1.807) is 6.08 Å². The van der Waals surface area contributed by atoms with Gasteiger partial charge in [0.1, 0.15) is 36.6 Å². The second-order valence-corrected chi connectivity index (χ2v) is 7.33. The number of aliphatic hydroxyl groups excluding tert-OH is 4. The monoisotopic (exact) mass is 420 g/mol. The van der Waals surface area contributed by atoms with Gasteiger partial charge in [0.2, 0.25) is 0 Å². The summed E-state index contributed by atoms with van der Waals surface area (Å²) in [6.07, 6.45) is -3.19. The van der Waals surface area contributed by atoms with Gasteiger partial charge in [-0.2, -0.15) is 0 Å². The van der Waals surface area contributed by atoms with Gasteiger partial charge >= 0.3 is 0 Å². The van der Waals surface area contributed by atoms with Crippen LogP contribution in [-0.4, -0.2) is 102 Å². The minimum atomic E-state index is -1.22. The number of rotatable bonds is 6. The molecule has 8 atom stereocenters. The summed E-state index contributed by atoms with van der Waals surface area (Å²) in [5.74, 6) is -0.709. The van der Waals surface area contributed by atoms with Crippen molar-refractivity contribution >= 4 is 0 Å². The summed E-state index contributed by atoms with van der Waals surface area (Å²) in [4.78, 5) is 0. The molecular weight excluding hydrogens is 388 g/mol. The van der Waals surface area contributed by atoms with E-state index in [9.17, 15) is 15.3 Å². The third kappa shape index (κ3) is 6.53. The smallest absolute Gasteiger partial charge is 0.186 e. The largest absolute Gasteiger partial charge is 0.388 e. The lowest BCUT2D eigenvalue weighted by molar-refractivity contribution is -0.266. The molecule has 0 amide bonds. The first-order valence-electron chi connectivity index (χ1n) is 9.46. The van der Waals surface area contributed by atoms with Gasteiger partial charge < -0.3 is 48.8 Å². The van der Waals surface area contributed by atoms with Gasteiger partial charge in [-0.05, 0) is 13.8 Å². The summed E-state index contributed by atoms with van der Waals surface area (Å²) in [5.41, 5.74) is 0. The first-order valence-corrected chi connectivity index (χ1v) is 9.46. The topological polar surface area (TPSA) is 136 Å². The van der Waals surface area contributed by atoms with E-state index in [1.165, 1.54) is 6.08 Å². The van der Waals surface area contributed by atoms with Crippen LogP contribution < -0.4 is 0 Å². The fourth-order valence-electron chi connectivity index (χ4n) is 3.10. The van der Waals surface area contributed by atoms with Gasteiger partial charge in [0.15, 0.2) is 18.4 Å². The highest BCUT2D eigenvalue weighted by molar-refractivity contribution is 4.92. The van der Waals surface area contributed by atoms with Crippen LogP contribution in [0.5, 0.6) is 0 Å². The second kappa shape index (κ2) is 10.9. The van der Waals surface area contributed by atoms with Crippen LogP contribution in [0.15, 0.2) is 25.3 Å². The van der Waals surface area contributed by atoms with Gasteiger partial charge in [-0.1, -0.05) is 12.2 Å². The lowest BCUT2D eigenvalue weighted by Gasteiger charge is -2.34. The molecule has 3 aliphatic rings. The number of ether oxygens (including phenoxy) is 6. The van der Waals surface area contributed by atoms with E-state index in [2.05, 4.69) is 13.2 Å². The van der Waals surface area contributed by atoms with Crippen LogP contribution in [0.3, 0.4) is 0 Å². The standard InChI is InChI=1S/C11H18O5.C8H14O5/c1-4-5-13-10-9-8(7(12)6-14-10)15-11(2,3)16-9;1-2-3-12-8-7(11)6(10)5(9)4-13-8/h4,7-10,12H,1,5-6H2,2-3H3;2,5-11H,1,3-4H2/t7-,8+,9+,10+;5-,6+,7+,8?/m11/s1. The average molecular weight is 420 g/mol. The van der Waals surface area contributed by atoms with Crippen molar-refractivity contribution in [3.63, 3.8) is 0 Å². The summed E-state index contributed by atoms with van der Waals surface area (Å²) < 4.78 is 32.0. The molecule has 4 N–H and O–H groups in total. The summed E-state index contributed by atoms with van der Waals surface area (Å²) in [7, 11) is 0. The molecule has 0 bridgehead atoms. The van der Waals surface area contributed by atoms with Crippen molar-refractivity contribution in [2.75, 3.05) is 26.4 Å². The summed E-state index contributed by atoms with van der Waals surface area (Å²) in [5, 5.41) is 37.4. The highest BCUT2D eigenvalue weighted by Gasteiger charge is 2.52. The van der Waals surface area contributed by atoms with Gasteiger partial charge in [-0.3, -0.25) is 0 Å². The molecular formula is C19H32O10. The Bertz CT molecular complexity index is 527. The van der Waals surface area contributed by atoms with Crippen LogP contribution >= 0.6 is 0 Å². The van der Waals surface area contributed by atoms with Crippen molar-refractivity contribution in [1.82, 2.24) is 0 Å². The molecule has 1 unspecified atom stereocenters. The number of aliphatic hydroxyl groups is 4. The average Bonchev–Trinajstić information content (AvgIpc) is 3.02. The first-order chi connectivity index (χ1) is 13.7. The van der Waals surface area contributed by atoms with Crippen molar-refractivity contribution in [2.45, 2.75) is 68.8 Å². The first kappa shape index (κ1) is 24.4. The Balaban J connectivity index is 0.000000212. The predicted octanol–water partition coefficient (Wildman–Crippen LogP) is -0.946. The molecule has 10 nitrogen and oxygen atoms in total. The minimum Gasteiger partial charge on any atom is -0.388 e. The summed E-state index contributed by atoms with van der Waals surface area (Å²) in [6, 6.07) is 0. The zero-order chi connectivity index (χ0) is 21.6. The Morgan fingerprint density at radius 3 is 1.97 bits per heavy atom. The molecule has 29 heavy (non-hydrogen) atoms. The Morgan fingerprint density at radius 1 is 0.828 bits per heavy atom. The molecule has 3 heterocycles. The molecule has 0 aromatic rings. The molecule has 3 rings (SSSR count). The normalized spacial score (nSPS) is 41.0. The molecule has 0 radical (unpaired) electrons. The quantitative estimate of drug-likeness (QED) is 0.398. The lowest BCUT2D eigenvalue weighted by atomic mass is 10.1. The number of hydrogen-bond donors (Lipinski definition) is 4. The highest BCUT2D eigenvalue weighted by atomic mass is 16.8. The molecule has 0 aliphatic carbocycles. The summed E-state index contributed by atoms with van der Waals surface area (Å²) >= 11 is 0. The molecule has 168 valence electrons. The molecule has 0 saturated carbocycles. The maximum Gasteiger partial charge on any atom is 0.186 e. The molecule has 3 saturated heterocycles. The van der Waals surface area contributed by atoms with E-state index < -0.39 is 55.0 Å². The molecule has 3 fully saturated rings. The molecule has 0 spiro atoms. The van der Waals surface area contributed by atoms with E-state index in [0.29, 0.717) is 6.61 Å². The van der Waals surface area contributed by atoms with Crippen molar-refractivity contribution in [2.24, 2.45) is 0 Å². The van der Waals surface area contributed by atoms with Crippen LogP contribution in [-0.2, 0) is 28.4 Å². The van der Waals surface area contributed by atoms with Crippen molar-refractivity contribution in [1.29, 1.82) is 0 Å². The van der Waals surface area contributed by atoms with Crippen molar-refractivity contribution < 1.29 is 48.8 Å². The second-order valence-electron chi connectivity index (χ2n) is 7.33. The van der Waals surface area contributed by atoms with Crippen molar-refractivity contribution in [3.05, 3.63) is 25.3 Å². The maximum absolute atomic E-state index is 9.75.